The fourth-order valence-corrected chi connectivity index (χ4v) is 2.54. The summed E-state index contributed by atoms with van der Waals surface area (Å²) in [6.07, 6.45) is 0. The van der Waals surface area contributed by atoms with Crippen molar-refractivity contribution in [1.29, 1.82) is 0 Å². The molecule has 21 heavy (non-hydrogen) atoms. The van der Waals surface area contributed by atoms with E-state index >= 15 is 0 Å². The number of nitrogen functional groups attached to an aromatic ring is 1. The van der Waals surface area contributed by atoms with E-state index in [4.69, 9.17) is 10.2 Å². The topological polar surface area (TPSA) is 111 Å². The van der Waals surface area contributed by atoms with Crippen molar-refractivity contribution in [3.8, 4) is 0 Å². The van der Waals surface area contributed by atoms with Crippen LogP contribution in [0.25, 0.3) is 10.2 Å². The predicted molar refractivity (Wildman–Crippen MR) is 79.5 cm³/mol. The Morgan fingerprint density at radius 2 is 2.05 bits per heavy atom. The standard InChI is InChI=1S/C13H10N4O3S/c1-6-2-4-7(5-3-6)15-12(18)8-10-9(16-17-21-10)13(19)20-11(8)14/h2-5H,14H2,1H3,(H,15,18). The van der Waals surface area contributed by atoms with E-state index in [1.54, 1.807) is 12.1 Å². The fourth-order valence-electron chi connectivity index (χ4n) is 1.84. The summed E-state index contributed by atoms with van der Waals surface area (Å²) in [4.78, 5) is 23.9. The quantitative estimate of drug-likeness (QED) is 0.746. The Balaban J connectivity index is 2.04. The van der Waals surface area contributed by atoms with Crippen molar-refractivity contribution < 1.29 is 9.21 Å². The Kier molecular flexibility index (Phi) is 3.15. The molecule has 0 bridgehead atoms. The molecule has 3 rings (SSSR count). The van der Waals surface area contributed by atoms with Gasteiger partial charge in [-0.2, -0.15) is 0 Å². The molecule has 0 unspecified atom stereocenters. The summed E-state index contributed by atoms with van der Waals surface area (Å²) in [7, 11) is 0. The van der Waals surface area contributed by atoms with Gasteiger partial charge in [0.2, 0.25) is 5.88 Å². The molecule has 0 aliphatic rings. The Morgan fingerprint density at radius 3 is 2.76 bits per heavy atom. The summed E-state index contributed by atoms with van der Waals surface area (Å²) in [5, 5.41) is 6.35. The van der Waals surface area contributed by atoms with Gasteiger partial charge in [0.15, 0.2) is 5.52 Å². The number of aromatic nitrogens is 2. The zero-order valence-electron chi connectivity index (χ0n) is 10.9. The highest BCUT2D eigenvalue weighted by molar-refractivity contribution is 7.13. The molecule has 0 spiro atoms. The summed E-state index contributed by atoms with van der Waals surface area (Å²) in [6, 6.07) is 7.27. The molecule has 1 amide bonds. The van der Waals surface area contributed by atoms with E-state index in [-0.39, 0.29) is 17.0 Å². The highest BCUT2D eigenvalue weighted by Crippen LogP contribution is 2.24. The third kappa shape index (κ3) is 2.36. The minimum atomic E-state index is -0.705. The van der Waals surface area contributed by atoms with E-state index in [0.717, 1.165) is 17.1 Å². The molecule has 0 atom stereocenters. The first-order valence-corrected chi connectivity index (χ1v) is 6.76. The minimum Gasteiger partial charge on any atom is -0.404 e. The molecule has 106 valence electrons. The van der Waals surface area contributed by atoms with Gasteiger partial charge in [-0.3, -0.25) is 4.79 Å². The van der Waals surface area contributed by atoms with Gasteiger partial charge in [0, 0.05) is 5.69 Å². The number of rotatable bonds is 2. The van der Waals surface area contributed by atoms with Crippen molar-refractivity contribution in [1.82, 2.24) is 9.59 Å². The number of anilines is 2. The largest absolute Gasteiger partial charge is 0.404 e. The number of nitrogens with two attached hydrogens (primary N) is 1. The number of hydrogen-bond acceptors (Lipinski definition) is 7. The van der Waals surface area contributed by atoms with Crippen LogP contribution in [0.5, 0.6) is 0 Å². The lowest BCUT2D eigenvalue weighted by molar-refractivity contribution is 0.102. The molecule has 0 radical (unpaired) electrons. The molecule has 0 saturated carbocycles. The van der Waals surface area contributed by atoms with E-state index in [0.29, 0.717) is 10.4 Å². The molecule has 3 N–H and O–H groups in total. The van der Waals surface area contributed by atoms with E-state index < -0.39 is 11.5 Å². The molecule has 0 aliphatic heterocycles. The summed E-state index contributed by atoms with van der Waals surface area (Å²) >= 11 is 0.922. The number of carbonyl (C=O) groups excluding carboxylic acids is 1. The molecule has 0 fully saturated rings. The fraction of sp³-hybridized carbons (Fsp3) is 0.0769. The number of nitrogens with one attached hydrogen (secondary N) is 1. The van der Waals surface area contributed by atoms with Gasteiger partial charge in [-0.1, -0.05) is 22.2 Å². The average Bonchev–Trinajstić information content (AvgIpc) is 2.91. The molecule has 1 aromatic carbocycles. The smallest absolute Gasteiger partial charge is 0.367 e. The highest BCUT2D eigenvalue weighted by atomic mass is 32.1. The number of aryl methyl sites for hydroxylation is 1. The lowest BCUT2D eigenvalue weighted by Gasteiger charge is -2.07. The lowest BCUT2D eigenvalue weighted by Crippen LogP contribution is -2.16. The van der Waals surface area contributed by atoms with Gasteiger partial charge in [-0.25, -0.2) is 4.79 Å². The van der Waals surface area contributed by atoms with Crippen molar-refractivity contribution in [2.24, 2.45) is 0 Å². The Hall–Kier alpha value is -2.74. The van der Waals surface area contributed by atoms with Gasteiger partial charge in [-0.15, -0.1) is 5.10 Å². The second-order valence-electron chi connectivity index (χ2n) is 4.40. The number of hydrogen-bond donors (Lipinski definition) is 2. The zero-order valence-corrected chi connectivity index (χ0v) is 11.7. The van der Waals surface area contributed by atoms with Crippen LogP contribution in [0.2, 0.25) is 0 Å². The van der Waals surface area contributed by atoms with Crippen LogP contribution in [-0.2, 0) is 0 Å². The first-order valence-electron chi connectivity index (χ1n) is 5.99. The van der Waals surface area contributed by atoms with Crippen LogP contribution < -0.4 is 16.7 Å². The Bertz CT molecular complexity index is 883. The summed E-state index contributed by atoms with van der Waals surface area (Å²) in [5.74, 6) is -0.723. The molecule has 3 aromatic rings. The van der Waals surface area contributed by atoms with Crippen molar-refractivity contribution >= 4 is 39.2 Å². The van der Waals surface area contributed by atoms with Gasteiger partial charge in [0.05, 0.1) is 0 Å². The van der Waals surface area contributed by atoms with Gasteiger partial charge < -0.3 is 15.5 Å². The zero-order chi connectivity index (χ0) is 15.0. The maximum absolute atomic E-state index is 12.3. The first kappa shape index (κ1) is 13.3. The monoisotopic (exact) mass is 302 g/mol. The van der Waals surface area contributed by atoms with Gasteiger partial charge in [-0.05, 0) is 30.6 Å². The van der Waals surface area contributed by atoms with Crippen molar-refractivity contribution in [3.05, 3.63) is 45.8 Å². The second-order valence-corrected chi connectivity index (χ2v) is 5.15. The first-order chi connectivity index (χ1) is 10.1. The normalized spacial score (nSPS) is 10.7. The molecule has 8 heteroatoms. The molecule has 0 saturated heterocycles. The third-order valence-corrected chi connectivity index (χ3v) is 3.64. The minimum absolute atomic E-state index is 0.00301. The highest BCUT2D eigenvalue weighted by Gasteiger charge is 2.21. The van der Waals surface area contributed by atoms with Crippen LogP contribution in [-0.4, -0.2) is 15.5 Å². The van der Waals surface area contributed by atoms with Crippen LogP contribution in [0.15, 0.2) is 33.5 Å². The summed E-state index contributed by atoms with van der Waals surface area (Å²) in [6.45, 7) is 1.95. The van der Waals surface area contributed by atoms with Crippen LogP contribution in [0.4, 0.5) is 11.6 Å². The summed E-state index contributed by atoms with van der Waals surface area (Å²) < 4.78 is 8.80. The third-order valence-electron chi connectivity index (χ3n) is 2.89. The van der Waals surface area contributed by atoms with Gasteiger partial charge in [0.25, 0.3) is 5.91 Å². The second kappa shape index (κ2) is 4.98. The molecule has 2 heterocycles. The molecular formula is C13H10N4O3S. The SMILES string of the molecule is Cc1ccc(NC(=O)c2c(N)oc(=O)c3nnsc23)cc1. The van der Waals surface area contributed by atoms with E-state index in [1.165, 1.54) is 0 Å². The predicted octanol–water partition coefficient (Wildman–Crippen LogP) is 1.79. The summed E-state index contributed by atoms with van der Waals surface area (Å²) in [5.41, 5.74) is 6.71. The Labute approximate surface area is 122 Å². The van der Waals surface area contributed by atoms with Crippen molar-refractivity contribution in [3.63, 3.8) is 0 Å². The maximum atomic E-state index is 12.3. The Morgan fingerprint density at radius 1 is 1.33 bits per heavy atom. The van der Waals surface area contributed by atoms with Gasteiger partial charge in [0.1, 0.15) is 10.3 Å². The molecule has 7 nitrogen and oxygen atoms in total. The number of nitrogens with zero attached hydrogens (tertiary/aromatic N) is 2. The number of carbonyl (C=O) groups is 1. The lowest BCUT2D eigenvalue weighted by atomic mass is 10.2. The number of fused-ring (bicyclic) bond motifs is 1. The van der Waals surface area contributed by atoms with Crippen LogP contribution >= 0.6 is 11.5 Å². The average molecular weight is 302 g/mol. The van der Waals surface area contributed by atoms with Gasteiger partial charge >= 0.3 is 5.63 Å². The van der Waals surface area contributed by atoms with Crippen molar-refractivity contribution in [2.45, 2.75) is 6.92 Å². The van der Waals surface area contributed by atoms with Crippen LogP contribution in [0.3, 0.4) is 0 Å². The van der Waals surface area contributed by atoms with Crippen molar-refractivity contribution in [2.75, 3.05) is 11.1 Å². The maximum Gasteiger partial charge on any atom is 0.367 e. The van der Waals surface area contributed by atoms with E-state index in [2.05, 4.69) is 14.9 Å². The number of benzene rings is 1. The van der Waals surface area contributed by atoms with Crippen LogP contribution in [0, 0.1) is 6.92 Å². The van der Waals surface area contributed by atoms with E-state index in [9.17, 15) is 9.59 Å². The van der Waals surface area contributed by atoms with Crippen LogP contribution in [0.1, 0.15) is 15.9 Å². The molecule has 0 aliphatic carbocycles. The van der Waals surface area contributed by atoms with E-state index in [1.807, 2.05) is 19.1 Å². The number of amides is 1. The molecular weight excluding hydrogens is 292 g/mol. The molecule has 2 aromatic heterocycles.